The molecule has 2 rings (SSSR count). The average molecular weight is 337 g/mol. The lowest BCUT2D eigenvalue weighted by Gasteiger charge is -2.10. The van der Waals surface area contributed by atoms with E-state index in [1.165, 1.54) is 19.3 Å². The summed E-state index contributed by atoms with van der Waals surface area (Å²) in [7, 11) is 3.18. The van der Waals surface area contributed by atoms with Crippen molar-refractivity contribution in [2.75, 3.05) is 14.2 Å². The van der Waals surface area contributed by atoms with Crippen molar-refractivity contribution in [2.24, 2.45) is 0 Å². The van der Waals surface area contributed by atoms with E-state index in [4.69, 9.17) is 25.5 Å². The Labute approximate surface area is 143 Å². The van der Waals surface area contributed by atoms with Crippen molar-refractivity contribution >= 4 is 11.6 Å². The molecule has 0 saturated carbocycles. The van der Waals surface area contributed by atoms with Gasteiger partial charge < -0.3 is 13.9 Å². The van der Waals surface area contributed by atoms with Gasteiger partial charge in [0, 0.05) is 11.5 Å². The second-order valence-electron chi connectivity index (χ2n) is 5.79. The fourth-order valence-corrected chi connectivity index (χ4v) is 2.89. The summed E-state index contributed by atoms with van der Waals surface area (Å²) < 4.78 is 16.7. The molecule has 0 N–H and O–H groups in total. The van der Waals surface area contributed by atoms with Gasteiger partial charge in [-0.3, -0.25) is 0 Å². The predicted octanol–water partition coefficient (Wildman–Crippen LogP) is 6.30. The Morgan fingerprint density at radius 2 is 1.74 bits per heavy atom. The third-order valence-corrected chi connectivity index (χ3v) is 4.46. The van der Waals surface area contributed by atoms with E-state index in [1.807, 2.05) is 18.2 Å². The summed E-state index contributed by atoms with van der Waals surface area (Å²) in [6.45, 7) is 4.43. The Morgan fingerprint density at radius 1 is 1.09 bits per heavy atom. The summed E-state index contributed by atoms with van der Waals surface area (Å²) in [5.74, 6) is 3.40. The highest BCUT2D eigenvalue weighted by Gasteiger charge is 2.15. The van der Waals surface area contributed by atoms with E-state index in [2.05, 4.69) is 19.9 Å². The van der Waals surface area contributed by atoms with E-state index in [1.54, 1.807) is 14.2 Å². The Hall–Kier alpha value is -1.61. The van der Waals surface area contributed by atoms with E-state index in [0.717, 1.165) is 23.5 Å². The molecule has 4 heteroatoms. The zero-order valence-corrected chi connectivity index (χ0v) is 15.1. The van der Waals surface area contributed by atoms with Crippen molar-refractivity contribution in [1.82, 2.24) is 0 Å². The van der Waals surface area contributed by atoms with Gasteiger partial charge in [-0.25, -0.2) is 0 Å². The van der Waals surface area contributed by atoms with E-state index in [9.17, 15) is 0 Å². The lowest BCUT2D eigenvalue weighted by molar-refractivity contribution is 0.394. The van der Waals surface area contributed by atoms with Crippen LogP contribution in [0, 0.1) is 0 Å². The maximum atomic E-state index is 6.21. The van der Waals surface area contributed by atoms with Gasteiger partial charge in [0.1, 0.15) is 28.0 Å². The number of hydrogen-bond donors (Lipinski definition) is 0. The third kappa shape index (κ3) is 4.23. The van der Waals surface area contributed by atoms with Crippen LogP contribution in [0.3, 0.4) is 0 Å². The van der Waals surface area contributed by atoms with Crippen LogP contribution in [0.4, 0.5) is 0 Å². The molecule has 0 spiro atoms. The lowest BCUT2D eigenvalue weighted by Crippen LogP contribution is -1.92. The molecule has 0 aliphatic heterocycles. The molecular formula is C19H25ClO3. The van der Waals surface area contributed by atoms with Crippen LogP contribution in [0.25, 0.3) is 11.3 Å². The highest BCUT2D eigenvalue weighted by atomic mass is 35.5. The van der Waals surface area contributed by atoms with Crippen molar-refractivity contribution in [3.05, 3.63) is 35.0 Å². The minimum atomic E-state index is 0.423. The number of furan rings is 1. The maximum absolute atomic E-state index is 6.21. The van der Waals surface area contributed by atoms with Gasteiger partial charge in [-0.1, -0.05) is 44.7 Å². The Bertz CT molecular complexity index is 608. The van der Waals surface area contributed by atoms with E-state index in [0.29, 0.717) is 22.4 Å². The lowest BCUT2D eigenvalue weighted by atomic mass is 10.0. The highest BCUT2D eigenvalue weighted by Crippen LogP contribution is 2.39. The quantitative estimate of drug-likeness (QED) is 0.530. The number of hydrogen-bond acceptors (Lipinski definition) is 3. The smallest absolute Gasteiger partial charge is 0.141 e. The first-order valence-corrected chi connectivity index (χ1v) is 8.50. The van der Waals surface area contributed by atoms with Gasteiger partial charge in [-0.2, -0.15) is 0 Å². The second-order valence-corrected chi connectivity index (χ2v) is 6.17. The summed E-state index contributed by atoms with van der Waals surface area (Å²) in [5.41, 5.74) is 0.898. The van der Waals surface area contributed by atoms with E-state index < -0.39 is 0 Å². The minimum Gasteiger partial charge on any atom is -0.495 e. The Morgan fingerprint density at radius 3 is 2.30 bits per heavy atom. The molecule has 0 fully saturated rings. The second kappa shape index (κ2) is 8.30. The van der Waals surface area contributed by atoms with Crippen LogP contribution in [-0.4, -0.2) is 14.2 Å². The average Bonchev–Trinajstić information content (AvgIpc) is 3.05. The van der Waals surface area contributed by atoms with Gasteiger partial charge in [-0.15, -0.1) is 0 Å². The summed E-state index contributed by atoms with van der Waals surface area (Å²) in [6, 6.07) is 7.79. The summed E-state index contributed by atoms with van der Waals surface area (Å²) in [5, 5.41) is 0.471. The molecule has 0 bridgehead atoms. The molecule has 0 amide bonds. The van der Waals surface area contributed by atoms with Crippen molar-refractivity contribution in [3.8, 4) is 22.8 Å². The largest absolute Gasteiger partial charge is 0.495 e. The molecule has 0 aliphatic rings. The van der Waals surface area contributed by atoms with Crippen LogP contribution in [0.5, 0.6) is 11.5 Å². The van der Waals surface area contributed by atoms with E-state index in [-0.39, 0.29) is 0 Å². The molecule has 1 aromatic carbocycles. The third-order valence-electron chi connectivity index (χ3n) is 4.08. The molecule has 0 saturated heterocycles. The number of rotatable bonds is 8. The molecule has 2 aromatic rings. The standard InChI is InChI=1S/C19H25ClO3/c1-5-6-7-8-13(2)15-9-10-16(23-15)14-11-17(21-3)19(20)18(12-14)22-4/h9-13H,5-8H2,1-4H3. The number of ether oxygens (including phenoxy) is 2. The number of halogens is 1. The topological polar surface area (TPSA) is 31.6 Å². The fraction of sp³-hybridized carbons (Fsp3) is 0.474. The van der Waals surface area contributed by atoms with Gasteiger partial charge >= 0.3 is 0 Å². The van der Waals surface area contributed by atoms with Gasteiger partial charge in [0.2, 0.25) is 0 Å². The first kappa shape index (κ1) is 17.7. The summed E-state index contributed by atoms with van der Waals surface area (Å²) in [4.78, 5) is 0. The molecule has 1 unspecified atom stereocenters. The molecular weight excluding hydrogens is 312 g/mol. The first-order valence-electron chi connectivity index (χ1n) is 8.12. The molecule has 0 radical (unpaired) electrons. The Balaban J connectivity index is 2.23. The van der Waals surface area contributed by atoms with Crippen molar-refractivity contribution < 1.29 is 13.9 Å². The van der Waals surface area contributed by atoms with Crippen molar-refractivity contribution in [3.63, 3.8) is 0 Å². The molecule has 0 aliphatic carbocycles. The SMILES string of the molecule is CCCCCC(C)c1ccc(-c2cc(OC)c(Cl)c(OC)c2)o1. The summed E-state index contributed by atoms with van der Waals surface area (Å²) in [6.07, 6.45) is 4.88. The van der Waals surface area contributed by atoms with Gasteiger partial charge in [-0.05, 0) is 30.7 Å². The van der Waals surface area contributed by atoms with Crippen LogP contribution in [0.2, 0.25) is 5.02 Å². The molecule has 126 valence electrons. The van der Waals surface area contributed by atoms with Crippen LogP contribution >= 0.6 is 11.6 Å². The van der Waals surface area contributed by atoms with Crippen LogP contribution in [0.1, 0.15) is 51.2 Å². The molecule has 3 nitrogen and oxygen atoms in total. The summed E-state index contributed by atoms with van der Waals surface area (Å²) >= 11 is 6.21. The first-order chi connectivity index (χ1) is 11.1. The van der Waals surface area contributed by atoms with Crippen LogP contribution in [0.15, 0.2) is 28.7 Å². The number of methoxy groups -OCH3 is 2. The van der Waals surface area contributed by atoms with Gasteiger partial charge in [0.05, 0.1) is 14.2 Å². The molecule has 1 atom stereocenters. The Kier molecular flexibility index (Phi) is 6.40. The normalized spacial score (nSPS) is 12.2. The van der Waals surface area contributed by atoms with Crippen molar-refractivity contribution in [1.29, 1.82) is 0 Å². The van der Waals surface area contributed by atoms with Crippen LogP contribution < -0.4 is 9.47 Å². The van der Waals surface area contributed by atoms with Crippen LogP contribution in [-0.2, 0) is 0 Å². The van der Waals surface area contributed by atoms with Gasteiger partial charge in [0.25, 0.3) is 0 Å². The van der Waals surface area contributed by atoms with Gasteiger partial charge in [0.15, 0.2) is 0 Å². The zero-order valence-electron chi connectivity index (χ0n) is 14.3. The highest BCUT2D eigenvalue weighted by molar-refractivity contribution is 6.33. The number of unbranched alkanes of at least 4 members (excludes halogenated alkanes) is 2. The molecule has 1 aromatic heterocycles. The van der Waals surface area contributed by atoms with E-state index >= 15 is 0 Å². The minimum absolute atomic E-state index is 0.423. The monoisotopic (exact) mass is 336 g/mol. The van der Waals surface area contributed by atoms with Crippen molar-refractivity contribution in [2.45, 2.75) is 45.4 Å². The number of benzene rings is 1. The predicted molar refractivity (Wildman–Crippen MR) is 94.8 cm³/mol. The molecule has 23 heavy (non-hydrogen) atoms. The molecule has 1 heterocycles. The zero-order chi connectivity index (χ0) is 16.8. The fourth-order valence-electron chi connectivity index (χ4n) is 2.63. The maximum Gasteiger partial charge on any atom is 0.141 e.